The van der Waals surface area contributed by atoms with E-state index >= 15 is 0 Å². The minimum absolute atomic E-state index is 0.0592. The van der Waals surface area contributed by atoms with Crippen LogP contribution in [0, 0.1) is 0 Å². The van der Waals surface area contributed by atoms with Crippen LogP contribution < -0.4 is 5.32 Å². The highest BCUT2D eigenvalue weighted by molar-refractivity contribution is 5.94. The molecule has 1 aliphatic rings. The molecule has 0 spiro atoms. The normalized spacial score (nSPS) is 22.1. The summed E-state index contributed by atoms with van der Waals surface area (Å²) < 4.78 is 10.3. The van der Waals surface area contributed by atoms with E-state index in [0.717, 1.165) is 0 Å². The number of ether oxygens (including phenoxy) is 1. The summed E-state index contributed by atoms with van der Waals surface area (Å²) in [7, 11) is 0. The van der Waals surface area contributed by atoms with Gasteiger partial charge in [-0.25, -0.2) is 0 Å². The number of carbonyl (C=O) groups is 2. The van der Waals surface area contributed by atoms with Crippen molar-refractivity contribution in [2.45, 2.75) is 25.6 Å². The first-order valence-electron chi connectivity index (χ1n) is 6.94. The number of aliphatic hydroxyl groups excluding tert-OH is 1. The molecule has 0 aliphatic carbocycles. The molecular formula is C14H20N2O5. The van der Waals surface area contributed by atoms with Crippen LogP contribution in [0.15, 0.2) is 23.0 Å². The number of morpholine rings is 1. The molecule has 0 saturated carbocycles. The lowest BCUT2D eigenvalue weighted by molar-refractivity contribution is -0.146. The average molecular weight is 296 g/mol. The van der Waals surface area contributed by atoms with Crippen molar-refractivity contribution in [1.29, 1.82) is 0 Å². The fraction of sp³-hybridized carbons (Fsp3) is 0.571. The van der Waals surface area contributed by atoms with Gasteiger partial charge in [-0.3, -0.25) is 9.59 Å². The summed E-state index contributed by atoms with van der Waals surface area (Å²) in [5.41, 5.74) is 0.433. The van der Waals surface area contributed by atoms with E-state index in [-0.39, 0.29) is 43.6 Å². The highest BCUT2D eigenvalue weighted by atomic mass is 16.5. The van der Waals surface area contributed by atoms with E-state index in [2.05, 4.69) is 5.32 Å². The fourth-order valence-electron chi connectivity index (χ4n) is 2.29. The van der Waals surface area contributed by atoms with Crippen molar-refractivity contribution in [3.63, 3.8) is 0 Å². The average Bonchev–Trinajstić information content (AvgIpc) is 3.00. The summed E-state index contributed by atoms with van der Waals surface area (Å²) in [6, 6.07) is 1.56. The molecule has 2 atom stereocenters. The van der Waals surface area contributed by atoms with Crippen LogP contribution >= 0.6 is 0 Å². The van der Waals surface area contributed by atoms with Gasteiger partial charge in [0.25, 0.3) is 5.91 Å². The van der Waals surface area contributed by atoms with E-state index in [0.29, 0.717) is 18.7 Å². The molecule has 2 heterocycles. The maximum Gasteiger partial charge on any atom is 0.254 e. The molecule has 116 valence electrons. The number of amides is 2. The first-order chi connectivity index (χ1) is 10.1. The summed E-state index contributed by atoms with van der Waals surface area (Å²) in [5.74, 6) is -0.323. The summed E-state index contributed by atoms with van der Waals surface area (Å²) >= 11 is 0. The zero-order valence-corrected chi connectivity index (χ0v) is 11.9. The maximum absolute atomic E-state index is 12.1. The highest BCUT2D eigenvalue weighted by Crippen LogP contribution is 2.11. The summed E-state index contributed by atoms with van der Waals surface area (Å²) in [6.45, 7) is 2.91. The molecule has 0 bridgehead atoms. The largest absolute Gasteiger partial charge is 0.472 e. The standard InChI is InChI=1S/C14H20N2O5/c1-10-6-16(7-12(8-17)21-10)13(18)2-4-15-14(19)11-3-5-20-9-11/h3,5,9-10,12,17H,2,4,6-8H2,1H3,(H,15,19). The third kappa shape index (κ3) is 4.30. The van der Waals surface area contributed by atoms with Crippen molar-refractivity contribution in [3.8, 4) is 0 Å². The van der Waals surface area contributed by atoms with Gasteiger partial charge in [-0.15, -0.1) is 0 Å². The predicted octanol–water partition coefficient (Wildman–Crippen LogP) is 0.00770. The Morgan fingerprint density at radius 3 is 2.95 bits per heavy atom. The van der Waals surface area contributed by atoms with Gasteiger partial charge in [0.05, 0.1) is 30.6 Å². The molecule has 1 aromatic rings. The number of nitrogens with one attached hydrogen (secondary N) is 1. The Morgan fingerprint density at radius 1 is 1.48 bits per heavy atom. The Labute approximate surface area is 122 Å². The molecule has 7 heteroatoms. The third-order valence-corrected chi connectivity index (χ3v) is 3.29. The molecule has 7 nitrogen and oxygen atoms in total. The molecule has 2 rings (SSSR count). The summed E-state index contributed by atoms with van der Waals surface area (Å²) in [6.07, 6.45) is 2.56. The fourth-order valence-corrected chi connectivity index (χ4v) is 2.29. The summed E-state index contributed by atoms with van der Waals surface area (Å²) in [5, 5.41) is 11.8. The van der Waals surface area contributed by atoms with Crippen LogP contribution in [0.5, 0.6) is 0 Å². The molecule has 1 aromatic heterocycles. The van der Waals surface area contributed by atoms with Gasteiger partial charge >= 0.3 is 0 Å². The van der Waals surface area contributed by atoms with E-state index in [4.69, 9.17) is 14.3 Å². The molecule has 1 fully saturated rings. The number of aliphatic hydroxyl groups is 1. The van der Waals surface area contributed by atoms with Gasteiger partial charge in [-0.1, -0.05) is 0 Å². The predicted molar refractivity (Wildman–Crippen MR) is 73.7 cm³/mol. The Balaban J connectivity index is 1.75. The molecule has 2 unspecified atom stereocenters. The van der Waals surface area contributed by atoms with E-state index in [1.807, 2.05) is 6.92 Å². The van der Waals surface area contributed by atoms with Crippen LogP contribution in [0.25, 0.3) is 0 Å². The molecule has 0 aromatic carbocycles. The molecule has 1 aliphatic heterocycles. The Bertz CT molecular complexity index is 474. The van der Waals surface area contributed by atoms with Gasteiger partial charge < -0.3 is 24.5 Å². The van der Waals surface area contributed by atoms with E-state index in [1.165, 1.54) is 12.5 Å². The second-order valence-electron chi connectivity index (χ2n) is 5.07. The van der Waals surface area contributed by atoms with E-state index in [9.17, 15) is 9.59 Å². The van der Waals surface area contributed by atoms with Crippen molar-refractivity contribution < 1.29 is 23.8 Å². The second kappa shape index (κ2) is 7.24. The van der Waals surface area contributed by atoms with Crippen LogP contribution in [-0.2, 0) is 9.53 Å². The van der Waals surface area contributed by atoms with Gasteiger partial charge in [-0.2, -0.15) is 0 Å². The molecule has 0 radical (unpaired) electrons. The summed E-state index contributed by atoms with van der Waals surface area (Å²) in [4.78, 5) is 25.4. The monoisotopic (exact) mass is 296 g/mol. The van der Waals surface area contributed by atoms with Crippen LogP contribution in [-0.4, -0.2) is 60.3 Å². The minimum atomic E-state index is -0.335. The topological polar surface area (TPSA) is 92.0 Å². The van der Waals surface area contributed by atoms with Gasteiger partial charge in [-0.05, 0) is 13.0 Å². The van der Waals surface area contributed by atoms with Gasteiger partial charge in [0.1, 0.15) is 6.26 Å². The second-order valence-corrected chi connectivity index (χ2v) is 5.07. The number of carbonyl (C=O) groups excluding carboxylic acids is 2. The van der Waals surface area contributed by atoms with Crippen molar-refractivity contribution in [1.82, 2.24) is 10.2 Å². The lowest BCUT2D eigenvalue weighted by Gasteiger charge is -2.36. The number of nitrogens with zero attached hydrogens (tertiary/aromatic N) is 1. The van der Waals surface area contributed by atoms with Gasteiger partial charge in [0.15, 0.2) is 0 Å². The van der Waals surface area contributed by atoms with Crippen LogP contribution in [0.1, 0.15) is 23.7 Å². The minimum Gasteiger partial charge on any atom is -0.472 e. The molecule has 21 heavy (non-hydrogen) atoms. The first-order valence-corrected chi connectivity index (χ1v) is 6.94. The number of furan rings is 1. The number of hydrogen-bond acceptors (Lipinski definition) is 5. The first kappa shape index (κ1) is 15.5. The van der Waals surface area contributed by atoms with Gasteiger partial charge in [0.2, 0.25) is 5.91 Å². The van der Waals surface area contributed by atoms with E-state index in [1.54, 1.807) is 11.0 Å². The Kier molecular flexibility index (Phi) is 5.35. The number of hydrogen-bond donors (Lipinski definition) is 2. The zero-order chi connectivity index (χ0) is 15.2. The SMILES string of the molecule is CC1CN(C(=O)CCNC(=O)c2ccoc2)CC(CO)O1. The maximum atomic E-state index is 12.1. The Morgan fingerprint density at radius 2 is 2.29 bits per heavy atom. The van der Waals surface area contributed by atoms with Gasteiger partial charge in [0, 0.05) is 26.1 Å². The molecule has 2 N–H and O–H groups in total. The van der Waals surface area contributed by atoms with Crippen molar-refractivity contribution in [3.05, 3.63) is 24.2 Å². The molecule has 2 amide bonds. The van der Waals surface area contributed by atoms with Crippen LogP contribution in [0.3, 0.4) is 0 Å². The van der Waals surface area contributed by atoms with E-state index < -0.39 is 0 Å². The van der Waals surface area contributed by atoms with Crippen molar-refractivity contribution in [2.75, 3.05) is 26.2 Å². The smallest absolute Gasteiger partial charge is 0.254 e. The molecular weight excluding hydrogens is 276 g/mol. The Hall–Kier alpha value is -1.86. The highest BCUT2D eigenvalue weighted by Gasteiger charge is 2.27. The molecule has 1 saturated heterocycles. The lowest BCUT2D eigenvalue weighted by atomic mass is 10.2. The third-order valence-electron chi connectivity index (χ3n) is 3.29. The van der Waals surface area contributed by atoms with Crippen molar-refractivity contribution in [2.24, 2.45) is 0 Å². The lowest BCUT2D eigenvalue weighted by Crippen LogP contribution is -2.50. The zero-order valence-electron chi connectivity index (χ0n) is 11.9. The quantitative estimate of drug-likeness (QED) is 0.798. The van der Waals surface area contributed by atoms with Crippen LogP contribution in [0.4, 0.5) is 0 Å². The van der Waals surface area contributed by atoms with Crippen molar-refractivity contribution >= 4 is 11.8 Å². The van der Waals surface area contributed by atoms with Crippen LogP contribution in [0.2, 0.25) is 0 Å². The number of rotatable bonds is 5.